The van der Waals surface area contributed by atoms with Gasteiger partial charge in [0, 0.05) is 19.5 Å². The maximum atomic E-state index is 12.4. The smallest absolute Gasteiger partial charge is 0.221 e. The predicted molar refractivity (Wildman–Crippen MR) is 82.2 cm³/mol. The van der Waals surface area contributed by atoms with Gasteiger partial charge in [-0.25, -0.2) is 0 Å². The monoisotopic (exact) mass is 296 g/mol. The first-order valence-electron chi connectivity index (χ1n) is 8.03. The highest BCUT2D eigenvalue weighted by molar-refractivity contribution is 5.94. The van der Waals surface area contributed by atoms with Gasteiger partial charge in [0.1, 0.15) is 5.54 Å². The van der Waals surface area contributed by atoms with Crippen molar-refractivity contribution in [3.8, 4) is 0 Å². The van der Waals surface area contributed by atoms with Crippen molar-refractivity contribution in [2.24, 2.45) is 16.8 Å². The number of hydrogen-bond donors (Lipinski definition) is 3. The predicted octanol–water partition coefficient (Wildman–Crippen LogP) is 1.28. The summed E-state index contributed by atoms with van der Waals surface area (Å²) >= 11 is 0. The molecule has 0 aromatic carbocycles. The Balaban J connectivity index is 1.96. The van der Waals surface area contributed by atoms with Crippen LogP contribution in [0.2, 0.25) is 0 Å². The summed E-state index contributed by atoms with van der Waals surface area (Å²) in [6.45, 7) is 1.67. The molecule has 2 aliphatic rings. The number of amides is 1. The molecule has 120 valence electrons. The molecule has 0 aromatic heterocycles. The summed E-state index contributed by atoms with van der Waals surface area (Å²) in [6.07, 6.45) is 7.99. The summed E-state index contributed by atoms with van der Waals surface area (Å²) in [5.74, 6) is 0.667. The van der Waals surface area contributed by atoms with Crippen LogP contribution in [0.1, 0.15) is 51.4 Å². The second-order valence-corrected chi connectivity index (χ2v) is 6.63. The van der Waals surface area contributed by atoms with Crippen LogP contribution >= 0.6 is 0 Å². The average molecular weight is 296 g/mol. The Morgan fingerprint density at radius 3 is 2.52 bits per heavy atom. The molecule has 0 spiro atoms. The average Bonchev–Trinajstić information content (AvgIpc) is 2.50. The van der Waals surface area contributed by atoms with Crippen LogP contribution in [0.25, 0.3) is 0 Å². The van der Waals surface area contributed by atoms with Gasteiger partial charge in [-0.15, -0.1) is 0 Å². The minimum atomic E-state index is -0.674. The van der Waals surface area contributed by atoms with Gasteiger partial charge in [-0.2, -0.15) is 0 Å². The lowest BCUT2D eigenvalue weighted by atomic mass is 9.84. The molecule has 21 heavy (non-hydrogen) atoms. The molecule has 0 aromatic rings. The summed E-state index contributed by atoms with van der Waals surface area (Å²) in [5, 5.41) is 15.3. The number of nitrogens with two attached hydrogens (primary N) is 1. The van der Waals surface area contributed by atoms with Crippen molar-refractivity contribution in [3.63, 3.8) is 0 Å². The molecule has 1 heterocycles. The van der Waals surface area contributed by atoms with Gasteiger partial charge in [0.2, 0.25) is 5.91 Å². The Kier molecular flexibility index (Phi) is 5.45. The third-order valence-electron chi connectivity index (χ3n) is 5.02. The molecule has 1 aliphatic heterocycles. The largest absolute Gasteiger partial charge is 0.409 e. The first-order chi connectivity index (χ1) is 10.1. The molecule has 1 saturated carbocycles. The van der Waals surface area contributed by atoms with E-state index in [0.717, 1.165) is 25.9 Å². The van der Waals surface area contributed by atoms with E-state index < -0.39 is 5.54 Å². The van der Waals surface area contributed by atoms with E-state index in [-0.39, 0.29) is 11.7 Å². The minimum Gasteiger partial charge on any atom is -0.409 e. The van der Waals surface area contributed by atoms with Crippen LogP contribution in [-0.4, -0.2) is 47.5 Å². The van der Waals surface area contributed by atoms with E-state index in [2.05, 4.69) is 15.4 Å². The van der Waals surface area contributed by atoms with Crippen molar-refractivity contribution in [2.45, 2.75) is 56.9 Å². The van der Waals surface area contributed by atoms with E-state index in [0.29, 0.717) is 25.2 Å². The fraction of sp³-hybridized carbons (Fsp3) is 0.867. The SMILES string of the molecule is CN1CCC(NC(=O)CC2CCCCC2)(/C(N)=N/O)CC1. The molecule has 1 saturated heterocycles. The number of likely N-dealkylation sites (tertiary alicyclic amines) is 1. The lowest BCUT2D eigenvalue weighted by Gasteiger charge is -2.40. The molecular weight excluding hydrogens is 268 g/mol. The number of hydrogen-bond acceptors (Lipinski definition) is 4. The van der Waals surface area contributed by atoms with Gasteiger partial charge in [-0.3, -0.25) is 4.79 Å². The van der Waals surface area contributed by atoms with Crippen molar-refractivity contribution in [1.29, 1.82) is 0 Å². The van der Waals surface area contributed by atoms with Gasteiger partial charge >= 0.3 is 0 Å². The Hall–Kier alpha value is -1.30. The van der Waals surface area contributed by atoms with Gasteiger partial charge in [0.05, 0.1) is 0 Å². The molecule has 6 heteroatoms. The Morgan fingerprint density at radius 2 is 1.95 bits per heavy atom. The van der Waals surface area contributed by atoms with E-state index in [4.69, 9.17) is 10.9 Å². The molecule has 4 N–H and O–H groups in total. The standard InChI is InChI=1S/C15H28N4O2/c1-19-9-7-15(8-10-19,14(16)18-21)17-13(20)11-12-5-3-2-4-6-12/h12,21H,2-11H2,1H3,(H2,16,18)(H,17,20). The zero-order valence-corrected chi connectivity index (χ0v) is 13.0. The second kappa shape index (κ2) is 7.11. The van der Waals surface area contributed by atoms with Crippen LogP contribution in [0.3, 0.4) is 0 Å². The summed E-state index contributed by atoms with van der Waals surface area (Å²) in [7, 11) is 2.04. The van der Waals surface area contributed by atoms with Crippen LogP contribution in [-0.2, 0) is 4.79 Å². The number of amidine groups is 1. The van der Waals surface area contributed by atoms with Crippen LogP contribution in [0.5, 0.6) is 0 Å². The molecule has 0 atom stereocenters. The molecule has 2 rings (SSSR count). The minimum absolute atomic E-state index is 0.0399. The zero-order valence-electron chi connectivity index (χ0n) is 13.0. The van der Waals surface area contributed by atoms with Crippen LogP contribution in [0.15, 0.2) is 5.16 Å². The summed E-state index contributed by atoms with van der Waals surface area (Å²) in [4.78, 5) is 14.6. The van der Waals surface area contributed by atoms with Crippen LogP contribution in [0.4, 0.5) is 0 Å². The number of piperidine rings is 1. The first-order valence-corrected chi connectivity index (χ1v) is 8.03. The maximum absolute atomic E-state index is 12.4. The highest BCUT2D eigenvalue weighted by atomic mass is 16.4. The number of oxime groups is 1. The highest BCUT2D eigenvalue weighted by Crippen LogP contribution is 2.27. The van der Waals surface area contributed by atoms with Gasteiger partial charge < -0.3 is 21.2 Å². The normalized spacial score (nSPS) is 24.7. The third-order valence-corrected chi connectivity index (χ3v) is 5.02. The molecule has 1 aliphatic carbocycles. The molecular formula is C15H28N4O2. The van der Waals surface area contributed by atoms with Crippen LogP contribution < -0.4 is 11.1 Å². The van der Waals surface area contributed by atoms with E-state index in [1.807, 2.05) is 7.05 Å². The summed E-state index contributed by atoms with van der Waals surface area (Å²) < 4.78 is 0. The zero-order chi connectivity index (χ0) is 15.3. The van der Waals surface area contributed by atoms with Crippen molar-refractivity contribution in [1.82, 2.24) is 10.2 Å². The number of carbonyl (C=O) groups excluding carboxylic acids is 1. The van der Waals surface area contributed by atoms with E-state index in [1.54, 1.807) is 0 Å². The molecule has 0 bridgehead atoms. The maximum Gasteiger partial charge on any atom is 0.221 e. The third kappa shape index (κ3) is 4.09. The number of carbonyl (C=O) groups is 1. The van der Waals surface area contributed by atoms with Crippen molar-refractivity contribution in [2.75, 3.05) is 20.1 Å². The Labute approximate surface area is 126 Å². The van der Waals surface area contributed by atoms with E-state index in [9.17, 15) is 4.79 Å². The van der Waals surface area contributed by atoms with Crippen molar-refractivity contribution >= 4 is 11.7 Å². The fourth-order valence-electron chi connectivity index (χ4n) is 3.51. The van der Waals surface area contributed by atoms with Gasteiger partial charge in [-0.1, -0.05) is 24.4 Å². The highest BCUT2D eigenvalue weighted by Gasteiger charge is 2.39. The second-order valence-electron chi connectivity index (χ2n) is 6.63. The van der Waals surface area contributed by atoms with Gasteiger partial charge in [0.15, 0.2) is 5.84 Å². The summed E-state index contributed by atoms with van der Waals surface area (Å²) in [6, 6.07) is 0. The van der Waals surface area contributed by atoms with Crippen molar-refractivity contribution in [3.05, 3.63) is 0 Å². The molecule has 0 radical (unpaired) electrons. The summed E-state index contributed by atoms with van der Waals surface area (Å²) in [5.41, 5.74) is 5.20. The van der Waals surface area contributed by atoms with E-state index in [1.165, 1.54) is 19.3 Å². The number of nitrogens with one attached hydrogen (secondary N) is 1. The van der Waals surface area contributed by atoms with E-state index >= 15 is 0 Å². The fourth-order valence-corrected chi connectivity index (χ4v) is 3.51. The topological polar surface area (TPSA) is 91.0 Å². The molecule has 0 unspecified atom stereocenters. The van der Waals surface area contributed by atoms with Gasteiger partial charge in [-0.05, 0) is 38.6 Å². The number of nitrogens with zero attached hydrogens (tertiary/aromatic N) is 2. The number of rotatable bonds is 4. The lowest BCUT2D eigenvalue weighted by molar-refractivity contribution is -0.123. The molecule has 2 fully saturated rings. The Bertz CT molecular complexity index is 383. The first kappa shape index (κ1) is 16.1. The quantitative estimate of drug-likeness (QED) is 0.315. The Morgan fingerprint density at radius 1 is 1.33 bits per heavy atom. The lowest BCUT2D eigenvalue weighted by Crippen LogP contribution is -2.62. The van der Waals surface area contributed by atoms with Gasteiger partial charge in [0.25, 0.3) is 0 Å². The van der Waals surface area contributed by atoms with Crippen LogP contribution in [0, 0.1) is 5.92 Å². The molecule has 6 nitrogen and oxygen atoms in total. The van der Waals surface area contributed by atoms with Crippen molar-refractivity contribution < 1.29 is 10.0 Å². The molecule has 1 amide bonds.